The second kappa shape index (κ2) is 9.58. The van der Waals surface area contributed by atoms with Gasteiger partial charge in [-0.05, 0) is 61.5 Å². The van der Waals surface area contributed by atoms with E-state index in [0.29, 0.717) is 18.2 Å². The van der Waals surface area contributed by atoms with Crippen molar-refractivity contribution in [2.45, 2.75) is 13.8 Å². The van der Waals surface area contributed by atoms with Crippen LogP contribution in [-0.2, 0) is 4.79 Å². The molecule has 0 radical (unpaired) electrons. The smallest absolute Gasteiger partial charge is 0.294 e. The normalized spacial score (nSPS) is 18.8. The zero-order valence-corrected chi connectivity index (χ0v) is 18.7. The first-order chi connectivity index (χ1) is 15.0. The minimum atomic E-state index is -0.218. The molecule has 2 aromatic carbocycles. The quantitative estimate of drug-likeness (QED) is 0.631. The highest BCUT2D eigenvalue weighted by Gasteiger charge is 2.36. The first kappa shape index (κ1) is 21.5. The van der Waals surface area contributed by atoms with Crippen molar-refractivity contribution in [3.8, 4) is 5.75 Å². The minimum absolute atomic E-state index is 0.205. The van der Waals surface area contributed by atoms with Gasteiger partial charge in [-0.15, -0.1) is 0 Å². The third-order valence-electron chi connectivity index (χ3n) is 5.48. The van der Waals surface area contributed by atoms with Gasteiger partial charge in [-0.2, -0.15) is 0 Å². The fraction of sp³-hybridized carbons (Fsp3) is 0.333. The minimum Gasteiger partial charge on any atom is -0.494 e. The van der Waals surface area contributed by atoms with Gasteiger partial charge in [-0.25, -0.2) is 0 Å². The molecule has 31 heavy (non-hydrogen) atoms. The fourth-order valence-electron chi connectivity index (χ4n) is 3.70. The molecule has 7 heteroatoms. The van der Waals surface area contributed by atoms with Crippen molar-refractivity contribution < 1.29 is 14.3 Å². The van der Waals surface area contributed by atoms with Crippen LogP contribution in [0.3, 0.4) is 0 Å². The molecule has 6 nitrogen and oxygen atoms in total. The summed E-state index contributed by atoms with van der Waals surface area (Å²) >= 11 is 1.01. The predicted molar refractivity (Wildman–Crippen MR) is 125 cm³/mol. The highest BCUT2D eigenvalue weighted by Crippen LogP contribution is 2.32. The number of benzene rings is 2. The summed E-state index contributed by atoms with van der Waals surface area (Å²) in [5, 5.41) is -0.205. The molecule has 162 valence electrons. The van der Waals surface area contributed by atoms with Gasteiger partial charge in [-0.1, -0.05) is 29.8 Å². The maximum absolute atomic E-state index is 12.8. The summed E-state index contributed by atoms with van der Waals surface area (Å²) in [6.07, 6.45) is 1.77. The van der Waals surface area contributed by atoms with Crippen molar-refractivity contribution in [1.82, 2.24) is 9.80 Å². The summed E-state index contributed by atoms with van der Waals surface area (Å²) in [4.78, 5) is 31.7. The van der Waals surface area contributed by atoms with E-state index in [1.807, 2.05) is 31.2 Å². The molecule has 2 aliphatic heterocycles. The van der Waals surface area contributed by atoms with E-state index in [-0.39, 0.29) is 11.1 Å². The molecule has 0 aliphatic carbocycles. The van der Waals surface area contributed by atoms with Gasteiger partial charge in [-0.3, -0.25) is 19.4 Å². The molecule has 0 saturated carbocycles. The number of amides is 2. The van der Waals surface area contributed by atoms with E-state index < -0.39 is 0 Å². The van der Waals surface area contributed by atoms with Gasteiger partial charge >= 0.3 is 0 Å². The predicted octanol–water partition coefficient (Wildman–Crippen LogP) is 4.21. The van der Waals surface area contributed by atoms with Crippen LogP contribution in [0.2, 0.25) is 0 Å². The standard InChI is InChI=1S/C24H27N3O3S/c1-3-30-21-10-6-19(7-11-21)16-22-23(28)27(24(29)31-22)17-25-12-14-26(15-13-25)20-8-4-18(2)5-9-20/h4-11,16H,3,12-15,17H2,1-2H3/b22-16+. The zero-order chi connectivity index (χ0) is 21.8. The van der Waals surface area contributed by atoms with Crippen molar-refractivity contribution in [3.05, 3.63) is 64.6 Å². The lowest BCUT2D eigenvalue weighted by Crippen LogP contribution is -2.50. The van der Waals surface area contributed by atoms with E-state index >= 15 is 0 Å². The van der Waals surface area contributed by atoms with Crippen molar-refractivity contribution in [2.75, 3.05) is 44.4 Å². The SMILES string of the molecule is CCOc1ccc(/C=C2/SC(=O)N(CN3CCN(c4ccc(C)cc4)CC3)C2=O)cc1. The molecule has 2 aromatic rings. The van der Waals surface area contributed by atoms with Crippen LogP contribution in [-0.4, -0.2) is 60.4 Å². The van der Waals surface area contributed by atoms with Crippen LogP contribution >= 0.6 is 11.8 Å². The van der Waals surface area contributed by atoms with Gasteiger partial charge in [0.1, 0.15) is 5.75 Å². The number of aryl methyl sites for hydroxylation is 1. The number of hydrogen-bond donors (Lipinski definition) is 0. The van der Waals surface area contributed by atoms with Crippen LogP contribution in [0.25, 0.3) is 6.08 Å². The number of ether oxygens (including phenoxy) is 1. The first-order valence-corrected chi connectivity index (χ1v) is 11.4. The van der Waals surface area contributed by atoms with Gasteiger partial charge in [0, 0.05) is 31.9 Å². The van der Waals surface area contributed by atoms with Crippen LogP contribution in [0.5, 0.6) is 5.75 Å². The summed E-state index contributed by atoms with van der Waals surface area (Å²) < 4.78 is 5.45. The summed E-state index contributed by atoms with van der Waals surface area (Å²) in [6, 6.07) is 16.1. The van der Waals surface area contributed by atoms with Gasteiger partial charge in [0.15, 0.2) is 0 Å². The maximum atomic E-state index is 12.8. The lowest BCUT2D eigenvalue weighted by Gasteiger charge is -2.37. The van der Waals surface area contributed by atoms with Crippen molar-refractivity contribution >= 4 is 34.7 Å². The Labute approximate surface area is 187 Å². The number of carbonyl (C=O) groups excluding carboxylic acids is 2. The Morgan fingerprint density at radius 2 is 1.65 bits per heavy atom. The topological polar surface area (TPSA) is 53.1 Å². The molecule has 2 aliphatic rings. The lowest BCUT2D eigenvalue weighted by molar-refractivity contribution is -0.124. The van der Waals surface area contributed by atoms with E-state index in [9.17, 15) is 9.59 Å². The first-order valence-electron chi connectivity index (χ1n) is 10.6. The highest BCUT2D eigenvalue weighted by molar-refractivity contribution is 8.18. The molecule has 2 saturated heterocycles. The van der Waals surface area contributed by atoms with E-state index in [1.54, 1.807) is 6.08 Å². The largest absolute Gasteiger partial charge is 0.494 e. The van der Waals surface area contributed by atoms with Crippen LogP contribution in [0.4, 0.5) is 10.5 Å². The third-order valence-corrected chi connectivity index (χ3v) is 6.38. The number of anilines is 1. The number of carbonyl (C=O) groups is 2. The summed E-state index contributed by atoms with van der Waals surface area (Å²) in [5.74, 6) is 0.572. The molecule has 0 aromatic heterocycles. The van der Waals surface area contributed by atoms with Crippen LogP contribution in [0.1, 0.15) is 18.1 Å². The molecule has 2 fully saturated rings. The van der Waals surface area contributed by atoms with Gasteiger partial charge in [0.2, 0.25) is 0 Å². The number of nitrogens with zero attached hydrogens (tertiary/aromatic N) is 3. The van der Waals surface area contributed by atoms with Crippen molar-refractivity contribution in [1.29, 1.82) is 0 Å². The van der Waals surface area contributed by atoms with E-state index in [4.69, 9.17) is 4.74 Å². The molecule has 0 atom stereocenters. The molecule has 0 N–H and O–H groups in total. The van der Waals surface area contributed by atoms with Gasteiger partial charge < -0.3 is 9.64 Å². The van der Waals surface area contributed by atoms with Gasteiger partial charge in [0.25, 0.3) is 11.1 Å². The number of piperazine rings is 1. The Bertz CT molecular complexity index is 965. The number of thioether (sulfide) groups is 1. The summed E-state index contributed by atoms with van der Waals surface area (Å²) in [7, 11) is 0. The Kier molecular flexibility index (Phi) is 6.63. The zero-order valence-electron chi connectivity index (χ0n) is 17.9. The number of imide groups is 1. The molecule has 4 rings (SSSR count). The molecular formula is C24H27N3O3S. The van der Waals surface area contributed by atoms with Crippen molar-refractivity contribution in [2.24, 2.45) is 0 Å². The highest BCUT2D eigenvalue weighted by atomic mass is 32.2. The van der Waals surface area contributed by atoms with Crippen LogP contribution in [0, 0.1) is 6.92 Å². The Balaban J connectivity index is 1.34. The molecule has 0 bridgehead atoms. The average molecular weight is 438 g/mol. The van der Waals surface area contributed by atoms with Crippen molar-refractivity contribution in [3.63, 3.8) is 0 Å². The molecule has 0 unspecified atom stereocenters. The van der Waals surface area contributed by atoms with Crippen LogP contribution < -0.4 is 9.64 Å². The Hall–Kier alpha value is -2.77. The Morgan fingerprint density at radius 3 is 2.29 bits per heavy atom. The molecular weight excluding hydrogens is 410 g/mol. The van der Waals surface area contributed by atoms with E-state index in [0.717, 1.165) is 49.3 Å². The third kappa shape index (κ3) is 5.11. The second-order valence-electron chi connectivity index (χ2n) is 7.69. The molecule has 0 spiro atoms. The van der Waals surface area contributed by atoms with E-state index in [2.05, 4.69) is 41.0 Å². The second-order valence-corrected chi connectivity index (χ2v) is 8.69. The fourth-order valence-corrected chi connectivity index (χ4v) is 4.53. The summed E-state index contributed by atoms with van der Waals surface area (Å²) in [6.45, 7) is 8.35. The Morgan fingerprint density at radius 1 is 0.968 bits per heavy atom. The summed E-state index contributed by atoms with van der Waals surface area (Å²) in [5.41, 5.74) is 3.34. The molecule has 2 amide bonds. The monoisotopic (exact) mass is 437 g/mol. The van der Waals surface area contributed by atoms with Crippen LogP contribution in [0.15, 0.2) is 53.4 Å². The number of hydrogen-bond acceptors (Lipinski definition) is 6. The molecule has 2 heterocycles. The van der Waals surface area contributed by atoms with Gasteiger partial charge in [0.05, 0.1) is 18.2 Å². The maximum Gasteiger partial charge on any atom is 0.294 e. The van der Waals surface area contributed by atoms with E-state index in [1.165, 1.54) is 16.2 Å². The lowest BCUT2D eigenvalue weighted by atomic mass is 10.2. The number of rotatable bonds is 6. The average Bonchev–Trinajstić information content (AvgIpc) is 3.04.